The average molecular weight is 361 g/mol. The fourth-order valence-electron chi connectivity index (χ4n) is 2.56. The van der Waals surface area contributed by atoms with Gasteiger partial charge in [0.05, 0.1) is 6.42 Å². The molecule has 0 aliphatic heterocycles. The molecule has 2 N–H and O–H groups in total. The summed E-state index contributed by atoms with van der Waals surface area (Å²) >= 11 is 5.22. The van der Waals surface area contributed by atoms with E-state index in [9.17, 15) is 4.79 Å². The van der Waals surface area contributed by atoms with Crippen LogP contribution in [0.3, 0.4) is 0 Å². The maximum Gasteiger partial charge on any atom is 0.230 e. The van der Waals surface area contributed by atoms with Crippen molar-refractivity contribution in [3.8, 4) is 0 Å². The van der Waals surface area contributed by atoms with E-state index in [-0.39, 0.29) is 5.91 Å². The van der Waals surface area contributed by atoms with Crippen LogP contribution in [0.15, 0.2) is 79.1 Å². The number of carbonyl (C=O) groups is 1. The first kappa shape index (κ1) is 17.8. The minimum Gasteiger partial charge on any atom is -0.332 e. The monoisotopic (exact) mass is 361 g/mol. The van der Waals surface area contributed by atoms with E-state index >= 15 is 0 Å². The highest BCUT2D eigenvalue weighted by molar-refractivity contribution is 7.80. The molecule has 0 fully saturated rings. The molecule has 0 unspecified atom stereocenters. The number of thiocarbonyl (C=S) groups is 1. The predicted molar refractivity (Wildman–Crippen MR) is 108 cm³/mol. The number of nitrogens with one attached hydrogen (secondary N) is 2. The average Bonchev–Trinajstić information content (AvgIpc) is 2.65. The third-order valence-corrected chi connectivity index (χ3v) is 4.03. The van der Waals surface area contributed by atoms with Crippen molar-refractivity contribution in [1.82, 2.24) is 10.3 Å². The summed E-state index contributed by atoms with van der Waals surface area (Å²) < 4.78 is 0. The van der Waals surface area contributed by atoms with Crippen LogP contribution in [0.5, 0.6) is 0 Å². The van der Waals surface area contributed by atoms with Crippen LogP contribution in [0.4, 0.5) is 5.69 Å². The number of amides is 1. The summed E-state index contributed by atoms with van der Waals surface area (Å²) in [6, 6.07) is 21.6. The molecule has 1 amide bonds. The van der Waals surface area contributed by atoms with Gasteiger partial charge >= 0.3 is 0 Å². The first-order chi connectivity index (χ1) is 12.7. The smallest absolute Gasteiger partial charge is 0.230 e. The molecule has 2 aromatic carbocycles. The molecule has 0 aliphatic rings. The lowest BCUT2D eigenvalue weighted by Crippen LogP contribution is -2.35. The van der Waals surface area contributed by atoms with Crippen molar-refractivity contribution < 1.29 is 4.79 Å². The zero-order chi connectivity index (χ0) is 18.2. The molecule has 1 heterocycles. The van der Waals surface area contributed by atoms with Gasteiger partial charge in [-0.15, -0.1) is 0 Å². The van der Waals surface area contributed by atoms with E-state index in [1.807, 2.05) is 66.7 Å². The van der Waals surface area contributed by atoms with Crippen LogP contribution in [0.2, 0.25) is 0 Å². The Kier molecular flexibility index (Phi) is 6.06. The van der Waals surface area contributed by atoms with E-state index in [2.05, 4.69) is 15.6 Å². The van der Waals surface area contributed by atoms with Gasteiger partial charge in [-0.05, 0) is 59.6 Å². The Balaban J connectivity index is 1.50. The van der Waals surface area contributed by atoms with E-state index in [4.69, 9.17) is 12.2 Å². The molecule has 1 aromatic heterocycles. The van der Waals surface area contributed by atoms with Crippen LogP contribution < -0.4 is 10.6 Å². The van der Waals surface area contributed by atoms with Gasteiger partial charge in [0.25, 0.3) is 0 Å². The van der Waals surface area contributed by atoms with E-state index in [1.165, 1.54) is 11.1 Å². The Labute approximate surface area is 158 Å². The van der Waals surface area contributed by atoms with Crippen molar-refractivity contribution in [2.45, 2.75) is 12.8 Å². The summed E-state index contributed by atoms with van der Waals surface area (Å²) in [5, 5.41) is 6.04. The van der Waals surface area contributed by atoms with Crippen LogP contribution in [-0.2, 0) is 17.6 Å². The van der Waals surface area contributed by atoms with Crippen molar-refractivity contribution >= 4 is 28.9 Å². The van der Waals surface area contributed by atoms with Crippen LogP contribution in [-0.4, -0.2) is 16.0 Å². The van der Waals surface area contributed by atoms with Gasteiger partial charge in [-0.2, -0.15) is 0 Å². The zero-order valence-corrected chi connectivity index (χ0v) is 15.0. The highest BCUT2D eigenvalue weighted by atomic mass is 32.1. The van der Waals surface area contributed by atoms with Crippen molar-refractivity contribution in [3.05, 3.63) is 95.8 Å². The highest BCUT2D eigenvalue weighted by Crippen LogP contribution is 2.13. The highest BCUT2D eigenvalue weighted by Gasteiger charge is 2.06. The van der Waals surface area contributed by atoms with Crippen molar-refractivity contribution in [2.24, 2.45) is 0 Å². The molecule has 0 atom stereocenters. The molecule has 0 bridgehead atoms. The molecule has 3 aromatic rings. The lowest BCUT2D eigenvalue weighted by Gasteiger charge is -2.10. The second-order valence-corrected chi connectivity index (χ2v) is 6.30. The topological polar surface area (TPSA) is 54.0 Å². The third kappa shape index (κ3) is 5.50. The lowest BCUT2D eigenvalue weighted by molar-refractivity contribution is -0.119. The zero-order valence-electron chi connectivity index (χ0n) is 14.2. The fourth-order valence-corrected chi connectivity index (χ4v) is 2.79. The molecule has 0 saturated carbocycles. The van der Waals surface area contributed by atoms with Gasteiger partial charge in [0.1, 0.15) is 0 Å². The number of pyridine rings is 1. The number of nitrogens with zero attached hydrogens (tertiary/aromatic N) is 1. The third-order valence-electron chi connectivity index (χ3n) is 3.83. The normalized spacial score (nSPS) is 10.2. The Bertz CT molecular complexity index is 865. The number of rotatable bonds is 5. The number of anilines is 1. The van der Waals surface area contributed by atoms with Crippen LogP contribution in [0, 0.1) is 0 Å². The van der Waals surface area contributed by atoms with Crippen molar-refractivity contribution in [2.75, 3.05) is 5.32 Å². The van der Waals surface area contributed by atoms with Gasteiger partial charge < -0.3 is 10.6 Å². The minimum atomic E-state index is -0.136. The molecule has 3 rings (SSSR count). The number of hydrogen-bond acceptors (Lipinski definition) is 3. The summed E-state index contributed by atoms with van der Waals surface area (Å²) in [5.74, 6) is -0.136. The predicted octanol–water partition coefficient (Wildman–Crippen LogP) is 3.73. The Morgan fingerprint density at radius 3 is 2.19 bits per heavy atom. The summed E-state index contributed by atoms with van der Waals surface area (Å²) in [5.41, 5.74) is 4.20. The fraction of sp³-hybridized carbons (Fsp3) is 0.0952. The second-order valence-electron chi connectivity index (χ2n) is 5.89. The maximum absolute atomic E-state index is 12.0. The molecule has 26 heavy (non-hydrogen) atoms. The number of aromatic nitrogens is 1. The maximum atomic E-state index is 12.0. The van der Waals surface area contributed by atoms with Gasteiger partial charge in [-0.1, -0.05) is 42.5 Å². The van der Waals surface area contributed by atoms with Gasteiger partial charge in [0, 0.05) is 18.1 Å². The molecule has 0 spiro atoms. The first-order valence-electron chi connectivity index (χ1n) is 8.31. The lowest BCUT2D eigenvalue weighted by atomic mass is 10.1. The van der Waals surface area contributed by atoms with Crippen LogP contribution >= 0.6 is 12.2 Å². The van der Waals surface area contributed by atoms with E-state index in [0.717, 1.165) is 17.7 Å². The summed E-state index contributed by atoms with van der Waals surface area (Å²) in [7, 11) is 0. The van der Waals surface area contributed by atoms with Crippen molar-refractivity contribution in [3.63, 3.8) is 0 Å². The number of hydrogen-bond donors (Lipinski definition) is 2. The quantitative estimate of drug-likeness (QED) is 0.680. The summed E-state index contributed by atoms with van der Waals surface area (Å²) in [6.45, 7) is 0. The van der Waals surface area contributed by atoms with Crippen molar-refractivity contribution in [1.29, 1.82) is 0 Å². The SMILES string of the molecule is O=C(Cc1ccccc1)NC(=S)Nc1ccc(Cc2ccncc2)cc1. The molecule has 0 radical (unpaired) electrons. The van der Waals surface area contributed by atoms with E-state index < -0.39 is 0 Å². The Morgan fingerprint density at radius 2 is 1.50 bits per heavy atom. The molecule has 5 heteroatoms. The van der Waals surface area contributed by atoms with Crippen LogP contribution in [0.1, 0.15) is 16.7 Å². The standard InChI is InChI=1S/C21H19N3OS/c25-20(15-16-4-2-1-3-5-16)24-21(26)23-19-8-6-17(7-9-19)14-18-10-12-22-13-11-18/h1-13H,14-15H2,(H2,23,24,25,26). The van der Waals surface area contributed by atoms with Gasteiger partial charge in [-0.25, -0.2) is 0 Å². The van der Waals surface area contributed by atoms with Gasteiger partial charge in [-0.3, -0.25) is 9.78 Å². The molecule has 0 aliphatic carbocycles. The second kappa shape index (κ2) is 8.87. The molecule has 4 nitrogen and oxygen atoms in total. The Hall–Kier alpha value is -3.05. The largest absolute Gasteiger partial charge is 0.332 e. The number of carbonyl (C=O) groups excluding carboxylic acids is 1. The molecule has 0 saturated heterocycles. The van der Waals surface area contributed by atoms with Gasteiger partial charge in [0.2, 0.25) is 5.91 Å². The molecule has 130 valence electrons. The Morgan fingerprint density at radius 1 is 0.846 bits per heavy atom. The summed E-state index contributed by atoms with van der Waals surface area (Å²) in [6.07, 6.45) is 4.73. The van der Waals surface area contributed by atoms with E-state index in [1.54, 1.807) is 12.4 Å². The molecular formula is C21H19N3OS. The van der Waals surface area contributed by atoms with Crippen LogP contribution in [0.25, 0.3) is 0 Å². The minimum absolute atomic E-state index is 0.136. The summed E-state index contributed by atoms with van der Waals surface area (Å²) in [4.78, 5) is 16.1. The number of benzene rings is 2. The van der Waals surface area contributed by atoms with E-state index in [0.29, 0.717) is 11.5 Å². The first-order valence-corrected chi connectivity index (χ1v) is 8.72. The van der Waals surface area contributed by atoms with Gasteiger partial charge in [0.15, 0.2) is 5.11 Å². The molecular weight excluding hydrogens is 342 g/mol.